The second-order valence-corrected chi connectivity index (χ2v) is 11.5. The monoisotopic (exact) mass is 554 g/mol. The van der Waals surface area contributed by atoms with Crippen LogP contribution in [0.1, 0.15) is 44.8 Å². The summed E-state index contributed by atoms with van der Waals surface area (Å²) in [4.78, 5) is 28.5. The molecule has 4 aromatic carbocycles. The van der Waals surface area contributed by atoms with E-state index in [0.29, 0.717) is 24.7 Å². The molecule has 8 nitrogen and oxygen atoms in total. The van der Waals surface area contributed by atoms with E-state index in [-0.39, 0.29) is 39.2 Å². The summed E-state index contributed by atoms with van der Waals surface area (Å²) in [7, 11) is -4.03. The Kier molecular flexibility index (Phi) is 6.51. The van der Waals surface area contributed by atoms with Gasteiger partial charge in [0, 0.05) is 5.56 Å². The number of carbonyl (C=O) groups excluding carboxylic acids is 2. The topological polar surface area (TPSA) is 102 Å². The SMILES string of the molecule is C[C@@H](NC(=O)c1ccc2c(c1)N(Cc1ccccc1)C(=O)c1ccccc1S2(=O)=O)c1ccc2c(c1)OCCO2. The fourth-order valence-corrected chi connectivity index (χ4v) is 6.59. The predicted molar refractivity (Wildman–Crippen MR) is 149 cm³/mol. The smallest absolute Gasteiger partial charge is 0.259 e. The molecule has 2 amide bonds. The average molecular weight is 555 g/mol. The zero-order chi connectivity index (χ0) is 27.9. The number of carbonyl (C=O) groups is 2. The first kappa shape index (κ1) is 25.6. The normalized spacial score (nSPS) is 15.8. The Morgan fingerprint density at radius 1 is 0.875 bits per heavy atom. The van der Waals surface area contributed by atoms with Crippen LogP contribution in [0.2, 0.25) is 0 Å². The van der Waals surface area contributed by atoms with Gasteiger partial charge in [0.25, 0.3) is 11.8 Å². The van der Waals surface area contributed by atoms with Crippen molar-refractivity contribution in [2.45, 2.75) is 29.3 Å². The van der Waals surface area contributed by atoms with Crippen molar-refractivity contribution in [1.29, 1.82) is 0 Å². The minimum Gasteiger partial charge on any atom is -0.486 e. The molecule has 2 aliphatic heterocycles. The van der Waals surface area contributed by atoms with Crippen molar-refractivity contribution in [2.24, 2.45) is 0 Å². The van der Waals surface area contributed by atoms with E-state index < -0.39 is 21.7 Å². The number of ether oxygens (including phenoxy) is 2. The van der Waals surface area contributed by atoms with E-state index >= 15 is 0 Å². The van der Waals surface area contributed by atoms with Crippen molar-refractivity contribution in [3.05, 3.63) is 113 Å². The van der Waals surface area contributed by atoms with Gasteiger partial charge in [0.1, 0.15) is 13.2 Å². The van der Waals surface area contributed by atoms with Crippen LogP contribution in [0.5, 0.6) is 11.5 Å². The molecule has 0 radical (unpaired) electrons. The van der Waals surface area contributed by atoms with Crippen molar-refractivity contribution < 1.29 is 27.5 Å². The maximum atomic E-state index is 13.8. The van der Waals surface area contributed by atoms with Gasteiger partial charge in [-0.05, 0) is 60.5 Å². The third-order valence-electron chi connectivity index (χ3n) is 7.05. The maximum Gasteiger partial charge on any atom is 0.259 e. The van der Waals surface area contributed by atoms with Crippen LogP contribution >= 0.6 is 0 Å². The van der Waals surface area contributed by atoms with Gasteiger partial charge in [0.2, 0.25) is 9.84 Å². The first-order valence-electron chi connectivity index (χ1n) is 12.9. The molecule has 0 spiro atoms. The van der Waals surface area contributed by atoms with Gasteiger partial charge in [-0.15, -0.1) is 0 Å². The number of rotatable bonds is 5. The Balaban J connectivity index is 1.37. The Labute approximate surface area is 232 Å². The number of sulfone groups is 1. The van der Waals surface area contributed by atoms with Crippen LogP contribution in [-0.2, 0) is 16.4 Å². The molecule has 0 saturated carbocycles. The fraction of sp³-hybridized carbons (Fsp3) is 0.161. The molecule has 1 atom stereocenters. The molecule has 4 aromatic rings. The molecule has 0 bridgehead atoms. The molecule has 0 unspecified atom stereocenters. The third kappa shape index (κ3) is 4.58. The van der Waals surface area contributed by atoms with Crippen LogP contribution < -0.4 is 19.7 Å². The highest BCUT2D eigenvalue weighted by molar-refractivity contribution is 7.91. The number of nitrogens with zero attached hydrogens (tertiary/aromatic N) is 1. The highest BCUT2D eigenvalue weighted by Crippen LogP contribution is 2.38. The van der Waals surface area contributed by atoms with E-state index in [0.717, 1.165) is 11.1 Å². The number of hydrogen-bond acceptors (Lipinski definition) is 6. The van der Waals surface area contributed by atoms with Crippen molar-refractivity contribution in [2.75, 3.05) is 18.1 Å². The van der Waals surface area contributed by atoms with Crippen molar-refractivity contribution >= 4 is 27.3 Å². The average Bonchev–Trinajstić information content (AvgIpc) is 3.05. The summed E-state index contributed by atoms with van der Waals surface area (Å²) < 4.78 is 38.7. The van der Waals surface area contributed by atoms with E-state index in [9.17, 15) is 18.0 Å². The summed E-state index contributed by atoms with van der Waals surface area (Å²) in [6, 6.07) is 25.0. The number of fused-ring (bicyclic) bond motifs is 3. The largest absolute Gasteiger partial charge is 0.486 e. The van der Waals surface area contributed by atoms with Gasteiger partial charge in [-0.25, -0.2) is 8.42 Å². The third-order valence-corrected chi connectivity index (χ3v) is 8.91. The molecule has 2 aliphatic rings. The van der Waals surface area contributed by atoms with Gasteiger partial charge in [-0.2, -0.15) is 0 Å². The van der Waals surface area contributed by atoms with Gasteiger partial charge in [0.05, 0.1) is 33.6 Å². The van der Waals surface area contributed by atoms with E-state index in [1.165, 1.54) is 35.2 Å². The van der Waals surface area contributed by atoms with Crippen LogP contribution in [0.25, 0.3) is 0 Å². The minimum atomic E-state index is -4.03. The van der Waals surface area contributed by atoms with E-state index in [1.807, 2.05) is 55.5 Å². The highest BCUT2D eigenvalue weighted by Gasteiger charge is 2.36. The minimum absolute atomic E-state index is 0.0295. The first-order valence-corrected chi connectivity index (χ1v) is 14.4. The van der Waals surface area contributed by atoms with Crippen molar-refractivity contribution in [3.63, 3.8) is 0 Å². The van der Waals surface area contributed by atoms with Crippen LogP contribution in [0, 0.1) is 0 Å². The molecule has 9 heteroatoms. The Morgan fingerprint density at radius 2 is 1.60 bits per heavy atom. The van der Waals surface area contributed by atoms with Crippen LogP contribution in [-0.4, -0.2) is 33.4 Å². The summed E-state index contributed by atoms with van der Waals surface area (Å²) in [6.07, 6.45) is 0. The Hall–Kier alpha value is -4.63. The molecule has 40 heavy (non-hydrogen) atoms. The van der Waals surface area contributed by atoms with Crippen molar-refractivity contribution in [3.8, 4) is 11.5 Å². The van der Waals surface area contributed by atoms with Crippen LogP contribution in [0.4, 0.5) is 5.69 Å². The predicted octanol–water partition coefficient (Wildman–Crippen LogP) is 4.94. The Morgan fingerprint density at radius 3 is 2.40 bits per heavy atom. The molecule has 202 valence electrons. The fourth-order valence-electron chi connectivity index (χ4n) is 4.96. The van der Waals surface area contributed by atoms with Crippen LogP contribution in [0.3, 0.4) is 0 Å². The highest BCUT2D eigenvalue weighted by atomic mass is 32.2. The van der Waals surface area contributed by atoms with E-state index in [1.54, 1.807) is 12.1 Å². The van der Waals surface area contributed by atoms with E-state index in [2.05, 4.69) is 5.32 Å². The number of nitrogens with one attached hydrogen (secondary N) is 1. The number of anilines is 1. The van der Waals surface area contributed by atoms with Gasteiger partial charge >= 0.3 is 0 Å². The lowest BCUT2D eigenvalue weighted by molar-refractivity contribution is 0.0937. The standard InChI is InChI=1S/C31H26N2O6S/c1-20(22-11-13-26-27(18-22)39-16-15-38-26)32-30(34)23-12-14-29-25(17-23)33(19-21-7-3-2-4-8-21)31(35)24-9-5-6-10-28(24)40(29,36)37/h2-14,17-18,20H,15-16,19H2,1H3,(H,32,34)/t20-/m1/s1. The molecule has 0 saturated heterocycles. The maximum absolute atomic E-state index is 13.8. The van der Waals surface area contributed by atoms with Gasteiger partial charge in [-0.3, -0.25) is 9.59 Å². The Bertz CT molecular complexity index is 1740. The molecule has 6 rings (SSSR count). The molecule has 0 fully saturated rings. The molecule has 2 heterocycles. The molecular weight excluding hydrogens is 528 g/mol. The quantitative estimate of drug-likeness (QED) is 0.375. The van der Waals surface area contributed by atoms with Gasteiger partial charge < -0.3 is 19.7 Å². The number of benzene rings is 4. The summed E-state index contributed by atoms with van der Waals surface area (Å²) >= 11 is 0. The molecule has 0 aromatic heterocycles. The number of amides is 2. The lowest BCUT2D eigenvalue weighted by atomic mass is 10.1. The first-order chi connectivity index (χ1) is 19.3. The summed E-state index contributed by atoms with van der Waals surface area (Å²) in [5.74, 6) is 0.416. The number of hydrogen-bond donors (Lipinski definition) is 1. The van der Waals surface area contributed by atoms with Gasteiger partial charge in [0.15, 0.2) is 11.5 Å². The summed E-state index contributed by atoms with van der Waals surface area (Å²) in [6.45, 7) is 2.92. The van der Waals surface area contributed by atoms with Gasteiger partial charge in [-0.1, -0.05) is 48.5 Å². The second-order valence-electron chi connectivity index (χ2n) is 9.66. The summed E-state index contributed by atoms with van der Waals surface area (Å²) in [5, 5.41) is 2.97. The molecular formula is C31H26N2O6S. The lowest BCUT2D eigenvalue weighted by Gasteiger charge is -2.24. The van der Waals surface area contributed by atoms with Crippen LogP contribution in [0.15, 0.2) is 101 Å². The van der Waals surface area contributed by atoms with E-state index in [4.69, 9.17) is 9.47 Å². The molecule has 0 aliphatic carbocycles. The zero-order valence-corrected chi connectivity index (χ0v) is 22.5. The second kappa shape index (κ2) is 10.2. The van der Waals surface area contributed by atoms with Crippen molar-refractivity contribution in [1.82, 2.24) is 5.32 Å². The summed E-state index contributed by atoms with van der Waals surface area (Å²) in [5.41, 5.74) is 2.12. The lowest BCUT2D eigenvalue weighted by Crippen LogP contribution is -2.31. The molecule has 1 N–H and O–H groups in total. The zero-order valence-electron chi connectivity index (χ0n) is 21.7.